The summed E-state index contributed by atoms with van der Waals surface area (Å²) in [4.78, 5) is 14.7. The van der Waals surface area contributed by atoms with Crippen molar-refractivity contribution in [2.45, 2.75) is 25.8 Å². The predicted octanol–water partition coefficient (Wildman–Crippen LogP) is 2.32. The fourth-order valence-corrected chi connectivity index (χ4v) is 2.67. The lowest BCUT2D eigenvalue weighted by molar-refractivity contribution is -0.136. The van der Waals surface area contributed by atoms with E-state index in [2.05, 4.69) is 23.5 Å². The van der Waals surface area contributed by atoms with Crippen LogP contribution in [0.2, 0.25) is 0 Å². The van der Waals surface area contributed by atoms with Crippen LogP contribution in [0.4, 0.5) is 5.13 Å². The zero-order valence-electron chi connectivity index (χ0n) is 9.40. The number of nitrogens with zero attached hydrogens (tertiary/aromatic N) is 1. The molecule has 0 aliphatic rings. The number of anilines is 1. The van der Waals surface area contributed by atoms with Crippen LogP contribution in [0.1, 0.15) is 19.0 Å². The lowest BCUT2D eigenvalue weighted by Crippen LogP contribution is -2.17. The minimum Gasteiger partial charge on any atom is -0.481 e. The number of rotatable bonds is 7. The number of thiazole rings is 1. The lowest BCUT2D eigenvalue weighted by Gasteiger charge is -2.10. The number of carboxylic acid groups (broad SMARTS) is 1. The fraction of sp³-hybridized carbons (Fsp3) is 0.600. The summed E-state index contributed by atoms with van der Waals surface area (Å²) in [5, 5.41) is 14.6. The predicted molar refractivity (Wildman–Crippen MR) is 69.5 cm³/mol. The zero-order chi connectivity index (χ0) is 12.0. The Balaban J connectivity index is 2.41. The van der Waals surface area contributed by atoms with E-state index in [0.717, 1.165) is 16.6 Å². The molecular formula is C10H16N2O2S2. The first kappa shape index (κ1) is 13.3. The SMILES string of the molecule is CSCC(C)Nc1nc(CCC(=O)O)cs1. The number of hydrogen-bond donors (Lipinski definition) is 2. The van der Waals surface area contributed by atoms with Crippen molar-refractivity contribution >= 4 is 34.2 Å². The molecule has 1 unspecified atom stereocenters. The molecule has 1 atom stereocenters. The highest BCUT2D eigenvalue weighted by atomic mass is 32.2. The molecule has 1 aromatic heterocycles. The van der Waals surface area contributed by atoms with Gasteiger partial charge in [-0.05, 0) is 13.2 Å². The Morgan fingerprint density at radius 1 is 1.75 bits per heavy atom. The van der Waals surface area contributed by atoms with Crippen LogP contribution < -0.4 is 5.32 Å². The highest BCUT2D eigenvalue weighted by Crippen LogP contribution is 2.18. The number of aryl methyl sites for hydroxylation is 1. The maximum absolute atomic E-state index is 10.4. The van der Waals surface area contributed by atoms with Gasteiger partial charge in [-0.1, -0.05) is 0 Å². The quantitative estimate of drug-likeness (QED) is 0.788. The van der Waals surface area contributed by atoms with Gasteiger partial charge in [0.1, 0.15) is 0 Å². The summed E-state index contributed by atoms with van der Waals surface area (Å²) in [6.07, 6.45) is 2.71. The molecule has 0 spiro atoms. The van der Waals surface area contributed by atoms with Crippen LogP contribution in [-0.4, -0.2) is 34.1 Å². The van der Waals surface area contributed by atoms with E-state index in [0.29, 0.717) is 12.5 Å². The first-order valence-electron chi connectivity index (χ1n) is 5.03. The second-order valence-corrected chi connectivity index (χ2v) is 5.31. The van der Waals surface area contributed by atoms with Gasteiger partial charge in [0.25, 0.3) is 0 Å². The summed E-state index contributed by atoms with van der Waals surface area (Å²) in [7, 11) is 0. The summed E-state index contributed by atoms with van der Waals surface area (Å²) in [6.45, 7) is 2.11. The summed E-state index contributed by atoms with van der Waals surface area (Å²) in [5.41, 5.74) is 0.853. The fourth-order valence-electron chi connectivity index (χ4n) is 1.23. The maximum atomic E-state index is 10.4. The van der Waals surface area contributed by atoms with Crippen LogP contribution >= 0.6 is 23.1 Å². The lowest BCUT2D eigenvalue weighted by atomic mass is 10.2. The molecule has 0 bridgehead atoms. The maximum Gasteiger partial charge on any atom is 0.303 e. The van der Waals surface area contributed by atoms with Crippen molar-refractivity contribution in [3.8, 4) is 0 Å². The molecule has 16 heavy (non-hydrogen) atoms. The highest BCUT2D eigenvalue weighted by molar-refractivity contribution is 7.98. The second-order valence-electron chi connectivity index (χ2n) is 3.54. The smallest absolute Gasteiger partial charge is 0.303 e. The number of nitrogens with one attached hydrogen (secondary N) is 1. The Bertz CT molecular complexity index is 341. The van der Waals surface area contributed by atoms with E-state index >= 15 is 0 Å². The van der Waals surface area contributed by atoms with Crippen molar-refractivity contribution in [1.82, 2.24) is 4.98 Å². The normalized spacial score (nSPS) is 12.4. The summed E-state index contributed by atoms with van der Waals surface area (Å²) in [6, 6.07) is 0.383. The van der Waals surface area contributed by atoms with Crippen molar-refractivity contribution in [3.05, 3.63) is 11.1 Å². The molecule has 1 rings (SSSR count). The molecular weight excluding hydrogens is 244 g/mol. The molecule has 0 fully saturated rings. The zero-order valence-corrected chi connectivity index (χ0v) is 11.0. The molecule has 0 aliphatic carbocycles. The third-order valence-corrected chi connectivity index (χ3v) is 3.59. The van der Waals surface area contributed by atoms with Crippen LogP contribution in [0.5, 0.6) is 0 Å². The van der Waals surface area contributed by atoms with Crippen LogP contribution in [0.3, 0.4) is 0 Å². The summed E-state index contributed by atoms with van der Waals surface area (Å²) in [5.74, 6) is 0.252. The monoisotopic (exact) mass is 260 g/mol. The van der Waals surface area contributed by atoms with Gasteiger partial charge in [-0.3, -0.25) is 4.79 Å². The summed E-state index contributed by atoms with van der Waals surface area (Å²) >= 11 is 3.32. The Hall–Kier alpha value is -0.750. The third-order valence-electron chi connectivity index (χ3n) is 1.93. The minimum absolute atomic E-state index is 0.142. The van der Waals surface area contributed by atoms with Crippen molar-refractivity contribution in [2.75, 3.05) is 17.3 Å². The number of hydrogen-bond acceptors (Lipinski definition) is 5. The molecule has 2 N–H and O–H groups in total. The summed E-state index contributed by atoms with van der Waals surface area (Å²) < 4.78 is 0. The molecule has 1 heterocycles. The third kappa shape index (κ3) is 4.85. The van der Waals surface area contributed by atoms with Gasteiger partial charge in [-0.15, -0.1) is 11.3 Å². The molecule has 1 aromatic rings. The Kier molecular flexibility index (Phi) is 5.62. The number of carboxylic acids is 1. The minimum atomic E-state index is -0.779. The van der Waals surface area contributed by atoms with Crippen molar-refractivity contribution < 1.29 is 9.90 Å². The molecule has 90 valence electrons. The first-order valence-corrected chi connectivity index (χ1v) is 7.31. The van der Waals surface area contributed by atoms with Crippen molar-refractivity contribution in [1.29, 1.82) is 0 Å². The van der Waals surface area contributed by atoms with E-state index in [-0.39, 0.29) is 6.42 Å². The van der Waals surface area contributed by atoms with Crippen LogP contribution in [0, 0.1) is 0 Å². The molecule has 0 amide bonds. The topological polar surface area (TPSA) is 62.2 Å². The van der Waals surface area contributed by atoms with Gasteiger partial charge < -0.3 is 10.4 Å². The van der Waals surface area contributed by atoms with E-state index in [1.165, 1.54) is 11.3 Å². The van der Waals surface area contributed by atoms with Gasteiger partial charge in [0, 0.05) is 23.6 Å². The van der Waals surface area contributed by atoms with E-state index in [4.69, 9.17) is 5.11 Å². The molecule has 0 saturated carbocycles. The largest absolute Gasteiger partial charge is 0.481 e. The Morgan fingerprint density at radius 3 is 3.12 bits per heavy atom. The van der Waals surface area contributed by atoms with Gasteiger partial charge >= 0.3 is 5.97 Å². The van der Waals surface area contributed by atoms with Gasteiger partial charge in [-0.2, -0.15) is 11.8 Å². The first-order chi connectivity index (χ1) is 7.61. The molecule has 0 aliphatic heterocycles. The van der Waals surface area contributed by atoms with E-state index in [1.54, 1.807) is 11.8 Å². The molecule has 6 heteroatoms. The molecule has 0 radical (unpaired) electrons. The van der Waals surface area contributed by atoms with Gasteiger partial charge in [0.05, 0.1) is 12.1 Å². The van der Waals surface area contributed by atoms with Gasteiger partial charge in [-0.25, -0.2) is 4.98 Å². The second kappa shape index (κ2) is 6.75. The van der Waals surface area contributed by atoms with Crippen molar-refractivity contribution in [2.24, 2.45) is 0 Å². The standard InChI is InChI=1S/C10H16N2O2S2/c1-7(5-15-2)11-10-12-8(6-16-10)3-4-9(13)14/h6-7H,3-5H2,1-2H3,(H,11,12)(H,13,14). The number of carbonyl (C=O) groups is 1. The van der Waals surface area contributed by atoms with Gasteiger partial charge in [0.2, 0.25) is 0 Å². The van der Waals surface area contributed by atoms with E-state index in [9.17, 15) is 4.79 Å². The van der Waals surface area contributed by atoms with Crippen molar-refractivity contribution in [3.63, 3.8) is 0 Å². The molecule has 0 saturated heterocycles. The number of aliphatic carboxylic acids is 1. The molecule has 0 aromatic carbocycles. The average molecular weight is 260 g/mol. The number of aromatic nitrogens is 1. The Morgan fingerprint density at radius 2 is 2.50 bits per heavy atom. The van der Waals surface area contributed by atoms with Gasteiger partial charge in [0.15, 0.2) is 5.13 Å². The van der Waals surface area contributed by atoms with Crippen LogP contribution in [0.25, 0.3) is 0 Å². The van der Waals surface area contributed by atoms with E-state index in [1.807, 2.05) is 5.38 Å². The molecule has 4 nitrogen and oxygen atoms in total. The highest BCUT2D eigenvalue weighted by Gasteiger charge is 2.06. The Labute approximate surface area is 103 Å². The average Bonchev–Trinajstić information content (AvgIpc) is 2.63. The van der Waals surface area contributed by atoms with E-state index < -0.39 is 5.97 Å². The number of thioether (sulfide) groups is 1. The van der Waals surface area contributed by atoms with Crippen LogP contribution in [0.15, 0.2) is 5.38 Å². The van der Waals surface area contributed by atoms with Crippen LogP contribution in [-0.2, 0) is 11.2 Å².